The number of ether oxygens (including phenoxy) is 2. The van der Waals surface area contributed by atoms with Crippen molar-refractivity contribution in [1.82, 2.24) is 4.90 Å². The van der Waals surface area contributed by atoms with E-state index in [1.165, 1.54) is 5.69 Å². The molecule has 124 valence electrons. The molecule has 1 aliphatic rings. The summed E-state index contributed by atoms with van der Waals surface area (Å²) in [6.07, 6.45) is 0.317. The van der Waals surface area contributed by atoms with Gasteiger partial charge in [0.15, 0.2) is 0 Å². The van der Waals surface area contributed by atoms with E-state index in [0.717, 1.165) is 38.5 Å². The third-order valence-corrected chi connectivity index (χ3v) is 4.00. The molecule has 1 fully saturated rings. The zero-order valence-corrected chi connectivity index (χ0v) is 14.0. The zero-order chi connectivity index (χ0) is 15.9. The van der Waals surface area contributed by atoms with Gasteiger partial charge in [0.1, 0.15) is 5.75 Å². The van der Waals surface area contributed by atoms with Crippen molar-refractivity contribution < 1.29 is 9.47 Å². The molecule has 0 aliphatic carbocycles. The molecule has 1 saturated heterocycles. The number of nitrogens with zero attached hydrogens (tertiary/aromatic N) is 2. The smallest absolute Gasteiger partial charge is 0.142 e. The molecular formula is C17H29N3O2. The molecule has 1 aliphatic heterocycles. The van der Waals surface area contributed by atoms with Crippen LogP contribution in [0.4, 0.5) is 5.69 Å². The fourth-order valence-electron chi connectivity index (χ4n) is 2.78. The van der Waals surface area contributed by atoms with Gasteiger partial charge < -0.3 is 20.1 Å². The van der Waals surface area contributed by atoms with Gasteiger partial charge in [-0.2, -0.15) is 0 Å². The summed E-state index contributed by atoms with van der Waals surface area (Å²) in [6.45, 7) is 9.65. The van der Waals surface area contributed by atoms with Crippen molar-refractivity contribution in [1.29, 1.82) is 0 Å². The summed E-state index contributed by atoms with van der Waals surface area (Å²) in [7, 11) is 1.73. The van der Waals surface area contributed by atoms with Crippen LogP contribution in [0, 0.1) is 0 Å². The van der Waals surface area contributed by atoms with E-state index >= 15 is 0 Å². The zero-order valence-electron chi connectivity index (χ0n) is 14.0. The number of methoxy groups -OCH3 is 1. The van der Waals surface area contributed by atoms with Crippen molar-refractivity contribution in [2.75, 3.05) is 51.3 Å². The summed E-state index contributed by atoms with van der Waals surface area (Å²) in [5.41, 5.74) is 6.90. The molecule has 1 aromatic carbocycles. The standard InChI is InChI=1S/C17H29N3O2/c1-14(2)22-17-7-5-4-6-16(17)20-10-8-19(9-11-20)13-15(12-18)21-3/h4-7,14-15H,8-13,18H2,1-3H3/t15-/m0/s1. The molecule has 1 heterocycles. The second-order valence-electron chi connectivity index (χ2n) is 6.02. The number of para-hydroxylation sites is 2. The van der Waals surface area contributed by atoms with Gasteiger partial charge in [-0.1, -0.05) is 12.1 Å². The molecule has 0 aromatic heterocycles. The van der Waals surface area contributed by atoms with Crippen LogP contribution < -0.4 is 15.4 Å². The maximum atomic E-state index is 5.93. The SMILES string of the molecule is CO[C@@H](CN)CN1CCN(c2ccccc2OC(C)C)CC1. The molecule has 0 unspecified atom stereocenters. The Bertz CT molecular complexity index is 441. The Labute approximate surface area is 134 Å². The number of piperazine rings is 1. The predicted octanol–water partition coefficient (Wildman–Crippen LogP) is 1.57. The average Bonchev–Trinajstić information content (AvgIpc) is 2.53. The fraction of sp³-hybridized carbons (Fsp3) is 0.647. The first kappa shape index (κ1) is 17.1. The van der Waals surface area contributed by atoms with Crippen LogP contribution in [0.1, 0.15) is 13.8 Å². The average molecular weight is 307 g/mol. The molecule has 5 heteroatoms. The molecule has 22 heavy (non-hydrogen) atoms. The van der Waals surface area contributed by atoms with Gasteiger partial charge in [-0.25, -0.2) is 0 Å². The minimum absolute atomic E-state index is 0.128. The number of nitrogens with two attached hydrogens (primary N) is 1. The first-order chi connectivity index (χ1) is 10.6. The maximum absolute atomic E-state index is 5.93. The van der Waals surface area contributed by atoms with Gasteiger partial charge in [0, 0.05) is 46.4 Å². The Morgan fingerprint density at radius 2 is 1.82 bits per heavy atom. The minimum atomic E-state index is 0.128. The van der Waals surface area contributed by atoms with Crippen LogP contribution in [0.15, 0.2) is 24.3 Å². The third-order valence-electron chi connectivity index (χ3n) is 4.00. The van der Waals surface area contributed by atoms with Gasteiger partial charge in [-0.3, -0.25) is 4.90 Å². The van der Waals surface area contributed by atoms with Crippen LogP contribution in [0.3, 0.4) is 0 Å². The van der Waals surface area contributed by atoms with E-state index in [4.69, 9.17) is 15.2 Å². The Balaban J connectivity index is 1.94. The second-order valence-corrected chi connectivity index (χ2v) is 6.02. The third kappa shape index (κ3) is 4.60. The molecule has 2 N–H and O–H groups in total. The molecular weight excluding hydrogens is 278 g/mol. The Morgan fingerprint density at radius 3 is 2.41 bits per heavy atom. The Morgan fingerprint density at radius 1 is 1.14 bits per heavy atom. The van der Waals surface area contributed by atoms with Crippen LogP contribution in [-0.2, 0) is 4.74 Å². The van der Waals surface area contributed by atoms with Gasteiger partial charge in [-0.05, 0) is 26.0 Å². The highest BCUT2D eigenvalue weighted by atomic mass is 16.5. The second kappa shape index (κ2) is 8.36. The van der Waals surface area contributed by atoms with Crippen LogP contribution in [-0.4, -0.2) is 63.5 Å². The molecule has 0 spiro atoms. The fourth-order valence-corrected chi connectivity index (χ4v) is 2.78. The van der Waals surface area contributed by atoms with E-state index in [0.29, 0.717) is 6.54 Å². The van der Waals surface area contributed by atoms with Crippen molar-refractivity contribution in [3.05, 3.63) is 24.3 Å². The van der Waals surface area contributed by atoms with E-state index in [9.17, 15) is 0 Å². The number of hydrogen-bond donors (Lipinski definition) is 1. The number of benzene rings is 1. The van der Waals surface area contributed by atoms with E-state index < -0.39 is 0 Å². The lowest BCUT2D eigenvalue weighted by molar-refractivity contribution is 0.0679. The molecule has 1 atom stereocenters. The van der Waals surface area contributed by atoms with Gasteiger partial charge in [0.2, 0.25) is 0 Å². The minimum Gasteiger partial charge on any atom is -0.489 e. The molecule has 2 rings (SSSR count). The summed E-state index contributed by atoms with van der Waals surface area (Å²) < 4.78 is 11.3. The van der Waals surface area contributed by atoms with Crippen molar-refractivity contribution in [3.63, 3.8) is 0 Å². The molecule has 0 saturated carbocycles. The molecule has 0 bridgehead atoms. The van der Waals surface area contributed by atoms with Crippen molar-refractivity contribution in [2.24, 2.45) is 5.73 Å². The summed E-state index contributed by atoms with van der Waals surface area (Å²) in [5.74, 6) is 0.975. The van der Waals surface area contributed by atoms with Gasteiger partial charge in [0.25, 0.3) is 0 Å². The summed E-state index contributed by atoms with van der Waals surface area (Å²) in [6, 6.07) is 8.30. The molecule has 0 radical (unpaired) electrons. The van der Waals surface area contributed by atoms with Crippen LogP contribution in [0.2, 0.25) is 0 Å². The van der Waals surface area contributed by atoms with E-state index in [1.807, 2.05) is 6.07 Å². The Hall–Kier alpha value is -1.30. The van der Waals surface area contributed by atoms with Gasteiger partial charge in [-0.15, -0.1) is 0 Å². The maximum Gasteiger partial charge on any atom is 0.142 e. The van der Waals surface area contributed by atoms with Crippen LogP contribution >= 0.6 is 0 Å². The highest BCUT2D eigenvalue weighted by molar-refractivity contribution is 5.58. The van der Waals surface area contributed by atoms with Crippen molar-refractivity contribution in [3.8, 4) is 5.75 Å². The predicted molar refractivity (Wildman–Crippen MR) is 90.7 cm³/mol. The van der Waals surface area contributed by atoms with Gasteiger partial charge in [0.05, 0.1) is 17.9 Å². The number of hydrogen-bond acceptors (Lipinski definition) is 5. The lowest BCUT2D eigenvalue weighted by atomic mass is 10.2. The van der Waals surface area contributed by atoms with Crippen molar-refractivity contribution in [2.45, 2.75) is 26.1 Å². The van der Waals surface area contributed by atoms with E-state index in [1.54, 1.807) is 7.11 Å². The first-order valence-corrected chi connectivity index (χ1v) is 8.10. The molecule has 0 amide bonds. The quantitative estimate of drug-likeness (QED) is 0.829. The lowest BCUT2D eigenvalue weighted by Gasteiger charge is -2.37. The number of anilines is 1. The summed E-state index contributed by atoms with van der Waals surface area (Å²) >= 11 is 0. The number of rotatable bonds is 7. The highest BCUT2D eigenvalue weighted by Gasteiger charge is 2.21. The first-order valence-electron chi connectivity index (χ1n) is 8.10. The largest absolute Gasteiger partial charge is 0.489 e. The Kier molecular flexibility index (Phi) is 6.49. The normalized spacial score (nSPS) is 17.8. The highest BCUT2D eigenvalue weighted by Crippen LogP contribution is 2.29. The molecule has 5 nitrogen and oxygen atoms in total. The summed E-state index contributed by atoms with van der Waals surface area (Å²) in [5, 5.41) is 0. The topological polar surface area (TPSA) is 51.0 Å². The lowest BCUT2D eigenvalue weighted by Crippen LogP contribution is -2.49. The summed E-state index contributed by atoms with van der Waals surface area (Å²) in [4.78, 5) is 4.82. The molecule has 1 aromatic rings. The van der Waals surface area contributed by atoms with Crippen molar-refractivity contribution >= 4 is 5.69 Å². The van der Waals surface area contributed by atoms with Crippen LogP contribution in [0.25, 0.3) is 0 Å². The monoisotopic (exact) mass is 307 g/mol. The van der Waals surface area contributed by atoms with E-state index in [2.05, 4.69) is 41.8 Å². The van der Waals surface area contributed by atoms with E-state index in [-0.39, 0.29) is 12.2 Å². The van der Waals surface area contributed by atoms with Gasteiger partial charge >= 0.3 is 0 Å². The van der Waals surface area contributed by atoms with Crippen LogP contribution in [0.5, 0.6) is 5.75 Å².